The number of carbonyl (C=O) groups is 4. The maximum absolute atomic E-state index is 14.6. The van der Waals surface area contributed by atoms with E-state index in [1.54, 1.807) is 32.9 Å². The molecule has 57 heavy (non-hydrogen) atoms. The summed E-state index contributed by atoms with van der Waals surface area (Å²) in [5.41, 5.74) is 5.05. The molecule has 0 saturated heterocycles. The number of hydrogen-bond acceptors (Lipinski definition) is 6. The van der Waals surface area contributed by atoms with Gasteiger partial charge in [0.25, 0.3) is 0 Å². The van der Waals surface area contributed by atoms with Crippen molar-refractivity contribution in [1.29, 1.82) is 0 Å². The average molecular weight is 778 g/mol. The highest BCUT2D eigenvalue weighted by atomic mass is 16.6. The van der Waals surface area contributed by atoms with Gasteiger partial charge in [0.1, 0.15) is 17.7 Å². The summed E-state index contributed by atoms with van der Waals surface area (Å²) >= 11 is 0. The van der Waals surface area contributed by atoms with E-state index in [-0.39, 0.29) is 30.4 Å². The summed E-state index contributed by atoms with van der Waals surface area (Å²) < 4.78 is 5.34. The quantitative estimate of drug-likeness (QED) is 0.0806. The number of aromatic nitrogens is 1. The number of alkyl carbamates (subject to hydrolysis) is 1. The predicted molar refractivity (Wildman–Crippen MR) is 221 cm³/mol. The minimum atomic E-state index is -1.19. The lowest BCUT2D eigenvalue weighted by atomic mass is 9.84. The van der Waals surface area contributed by atoms with Crippen LogP contribution in [0.4, 0.5) is 15.3 Å². The van der Waals surface area contributed by atoms with Gasteiger partial charge in [-0.05, 0) is 99.2 Å². The van der Waals surface area contributed by atoms with Gasteiger partial charge in [0.15, 0.2) is 0 Å². The molecule has 2 aliphatic carbocycles. The van der Waals surface area contributed by atoms with E-state index >= 15 is 0 Å². The number of carboxylic acid groups (broad SMARTS) is 1. The van der Waals surface area contributed by atoms with Gasteiger partial charge in [0.05, 0.1) is 5.52 Å². The van der Waals surface area contributed by atoms with Crippen molar-refractivity contribution in [2.45, 2.75) is 109 Å². The molecule has 0 unspecified atom stereocenters. The zero-order chi connectivity index (χ0) is 40.7. The Morgan fingerprint density at radius 1 is 0.895 bits per heavy atom. The number of aromatic amines is 1. The fourth-order valence-electron chi connectivity index (χ4n) is 8.36. The third kappa shape index (κ3) is 10.4. The molecule has 4 aromatic rings. The van der Waals surface area contributed by atoms with Crippen LogP contribution in [0.2, 0.25) is 0 Å². The summed E-state index contributed by atoms with van der Waals surface area (Å²) in [5, 5.41) is 20.3. The van der Waals surface area contributed by atoms with E-state index in [1.165, 1.54) is 11.0 Å². The van der Waals surface area contributed by atoms with Crippen LogP contribution in [0.3, 0.4) is 0 Å². The number of pyridine rings is 1. The molecular weight excluding hydrogens is 723 g/mol. The monoisotopic (exact) mass is 777 g/mol. The molecule has 1 fully saturated rings. The van der Waals surface area contributed by atoms with Gasteiger partial charge >= 0.3 is 12.2 Å². The summed E-state index contributed by atoms with van der Waals surface area (Å²) in [6.45, 7) is 7.57. The molecule has 2 atom stereocenters. The first-order valence-electron chi connectivity index (χ1n) is 20.2. The van der Waals surface area contributed by atoms with Crippen molar-refractivity contribution >= 4 is 40.6 Å². The second-order valence-electron chi connectivity index (χ2n) is 16.5. The first kappa shape index (κ1) is 41.0. The van der Waals surface area contributed by atoms with E-state index in [1.807, 2.05) is 61.5 Å². The molecule has 1 saturated carbocycles. The van der Waals surface area contributed by atoms with Crippen molar-refractivity contribution in [3.63, 3.8) is 0 Å². The molecule has 12 nitrogen and oxygen atoms in total. The number of nitrogens with one attached hydrogen (secondary N) is 4. The first-order chi connectivity index (χ1) is 27.3. The third-order valence-electron chi connectivity index (χ3n) is 11.1. The molecule has 0 bridgehead atoms. The van der Waals surface area contributed by atoms with Gasteiger partial charge < -0.3 is 30.8 Å². The van der Waals surface area contributed by atoms with Crippen LogP contribution in [0.25, 0.3) is 22.0 Å². The minimum Gasteiger partial charge on any atom is -0.465 e. The van der Waals surface area contributed by atoms with E-state index in [0.29, 0.717) is 37.0 Å². The maximum atomic E-state index is 14.6. The van der Waals surface area contributed by atoms with E-state index in [0.717, 1.165) is 65.3 Å². The normalized spacial score (nSPS) is 15.2. The number of hydrogen-bond donors (Lipinski definition) is 5. The Labute approximate surface area is 333 Å². The van der Waals surface area contributed by atoms with Crippen LogP contribution in [0.15, 0.2) is 77.6 Å². The zero-order valence-electron chi connectivity index (χ0n) is 33.4. The molecule has 12 heteroatoms. The SMILES string of the molecule is Cc1cc(=O)[nH]c2cc(NC(=O)[C@H](CCCCNC(=O)OC(C)(C)C)NC(=O)[C@H](CC3CCCCC3)N(CC3c4ccccc4-c4ccccc43)C(=O)O)ccc12. The number of amides is 4. The van der Waals surface area contributed by atoms with Gasteiger partial charge in [-0.15, -0.1) is 0 Å². The van der Waals surface area contributed by atoms with Crippen LogP contribution in [-0.2, 0) is 14.3 Å². The third-order valence-corrected chi connectivity index (χ3v) is 11.1. The molecule has 5 N–H and O–H groups in total. The highest BCUT2D eigenvalue weighted by molar-refractivity contribution is 5.99. The lowest BCUT2D eigenvalue weighted by Crippen LogP contribution is -2.55. The van der Waals surface area contributed by atoms with Crippen LogP contribution in [-0.4, -0.2) is 69.8 Å². The second kappa shape index (κ2) is 18.1. The number of carbonyl (C=O) groups excluding carboxylic acids is 3. The van der Waals surface area contributed by atoms with Crippen molar-refractivity contribution in [3.8, 4) is 11.1 Å². The molecule has 1 heterocycles. The summed E-state index contributed by atoms with van der Waals surface area (Å²) in [7, 11) is 0. The van der Waals surface area contributed by atoms with Crippen LogP contribution < -0.4 is 21.5 Å². The van der Waals surface area contributed by atoms with E-state index in [2.05, 4.69) is 20.9 Å². The lowest BCUT2D eigenvalue weighted by Gasteiger charge is -2.35. The largest absolute Gasteiger partial charge is 0.465 e. The Hall–Kier alpha value is -5.65. The number of rotatable bonds is 14. The van der Waals surface area contributed by atoms with Gasteiger partial charge in [-0.2, -0.15) is 0 Å². The van der Waals surface area contributed by atoms with E-state index in [9.17, 15) is 29.1 Å². The van der Waals surface area contributed by atoms with Crippen LogP contribution in [0.5, 0.6) is 0 Å². The zero-order valence-corrected chi connectivity index (χ0v) is 33.4. The van der Waals surface area contributed by atoms with Crippen molar-refractivity contribution in [1.82, 2.24) is 20.5 Å². The van der Waals surface area contributed by atoms with Crippen molar-refractivity contribution in [3.05, 3.63) is 99.8 Å². The van der Waals surface area contributed by atoms with Gasteiger partial charge in [-0.25, -0.2) is 9.59 Å². The van der Waals surface area contributed by atoms with Gasteiger partial charge in [0, 0.05) is 36.1 Å². The lowest BCUT2D eigenvalue weighted by molar-refractivity contribution is -0.130. The first-order valence-corrected chi connectivity index (χ1v) is 20.2. The molecule has 2 aliphatic rings. The minimum absolute atomic E-state index is 0.0794. The van der Waals surface area contributed by atoms with Crippen LogP contribution >= 0.6 is 0 Å². The van der Waals surface area contributed by atoms with Gasteiger partial charge in [0.2, 0.25) is 17.4 Å². The Morgan fingerprint density at radius 2 is 1.56 bits per heavy atom. The van der Waals surface area contributed by atoms with Gasteiger partial charge in [-0.1, -0.05) is 86.7 Å². The molecule has 1 aromatic heterocycles. The molecule has 4 amide bonds. The second-order valence-corrected chi connectivity index (χ2v) is 16.5. The number of benzene rings is 3. The van der Waals surface area contributed by atoms with Crippen molar-refractivity contribution in [2.75, 3.05) is 18.4 Å². The number of aryl methyl sites for hydroxylation is 1. The molecule has 3 aromatic carbocycles. The highest BCUT2D eigenvalue weighted by Gasteiger charge is 2.38. The molecule has 6 rings (SSSR count). The molecule has 0 radical (unpaired) electrons. The van der Waals surface area contributed by atoms with E-state index < -0.39 is 41.7 Å². The Balaban J connectivity index is 1.25. The fourth-order valence-corrected chi connectivity index (χ4v) is 8.36. The van der Waals surface area contributed by atoms with Crippen LogP contribution in [0.1, 0.15) is 101 Å². The molecule has 302 valence electrons. The fraction of sp³-hybridized carbons (Fsp3) is 0.444. The Morgan fingerprint density at radius 3 is 2.21 bits per heavy atom. The summed E-state index contributed by atoms with van der Waals surface area (Å²) in [5.74, 6) is -1.11. The smallest absolute Gasteiger partial charge is 0.408 e. The van der Waals surface area contributed by atoms with Crippen molar-refractivity contribution < 1.29 is 29.0 Å². The maximum Gasteiger partial charge on any atom is 0.408 e. The number of unbranched alkanes of at least 4 members (excludes halogenated alkanes) is 1. The predicted octanol–water partition coefficient (Wildman–Crippen LogP) is 8.09. The Bertz CT molecular complexity index is 2110. The number of anilines is 1. The summed E-state index contributed by atoms with van der Waals surface area (Å²) in [6.07, 6.45) is 4.77. The number of H-pyrrole nitrogens is 1. The number of ether oxygens (including phenoxy) is 1. The van der Waals surface area contributed by atoms with E-state index in [4.69, 9.17) is 4.74 Å². The Kier molecular flexibility index (Phi) is 13.0. The van der Waals surface area contributed by atoms with Crippen molar-refractivity contribution in [2.24, 2.45) is 5.92 Å². The summed E-state index contributed by atoms with van der Waals surface area (Å²) in [6, 6.07) is 20.7. The average Bonchev–Trinajstić information content (AvgIpc) is 3.48. The number of nitrogens with zero attached hydrogens (tertiary/aromatic N) is 1. The van der Waals surface area contributed by atoms with Crippen LogP contribution in [0, 0.1) is 12.8 Å². The molecule has 0 spiro atoms. The standard InChI is InChI=1S/C45H55N5O7/c1-28-24-40(51)48-38-26-30(21-22-31(28)38)47-41(52)37(20-12-13-23-46-43(54)57-45(2,3)4)49-42(53)39(25-29-14-6-5-7-15-29)50(44(55)56)27-36-34-18-10-8-16-32(34)33-17-9-11-19-35(33)36/h8-11,16-19,21-22,24,26,29,36-37,39H,5-7,12-15,20,23,25,27H2,1-4H3,(H,46,54)(H,47,52)(H,48,51)(H,49,53)(H,55,56)/t37-,39-/m0/s1. The topological polar surface area (TPSA) is 170 Å². The molecule has 0 aliphatic heterocycles. The molecular formula is C45H55N5O7. The van der Waals surface area contributed by atoms with Gasteiger partial charge in [-0.3, -0.25) is 19.3 Å². The number of fused-ring (bicyclic) bond motifs is 4. The highest BCUT2D eigenvalue weighted by Crippen LogP contribution is 2.45. The summed E-state index contributed by atoms with van der Waals surface area (Å²) in [4.78, 5) is 70.6.